The summed E-state index contributed by atoms with van der Waals surface area (Å²) < 4.78 is 10.2. The van der Waals surface area contributed by atoms with Crippen molar-refractivity contribution in [2.75, 3.05) is 7.11 Å². The largest absolute Gasteiger partial charge is 0.496 e. The zero-order chi connectivity index (χ0) is 11.5. The minimum atomic E-state index is 0.264. The Kier molecular flexibility index (Phi) is 2.97. The van der Waals surface area contributed by atoms with Crippen LogP contribution < -0.4 is 4.74 Å². The van der Waals surface area contributed by atoms with Gasteiger partial charge >= 0.3 is 0 Å². The minimum Gasteiger partial charge on any atom is -0.496 e. The monoisotopic (exact) mass is 236 g/mol. The summed E-state index contributed by atoms with van der Waals surface area (Å²) in [4.78, 5) is 10.8. The SMILES string of the molecule is COc1ccc(Cl)cc1-c1ccoc1C=O. The summed E-state index contributed by atoms with van der Waals surface area (Å²) in [6.45, 7) is 0. The van der Waals surface area contributed by atoms with E-state index in [9.17, 15) is 4.79 Å². The lowest BCUT2D eigenvalue weighted by atomic mass is 10.1. The third-order valence-electron chi connectivity index (χ3n) is 2.25. The first-order chi connectivity index (χ1) is 7.76. The molecule has 0 radical (unpaired) electrons. The van der Waals surface area contributed by atoms with Crippen molar-refractivity contribution >= 4 is 17.9 Å². The van der Waals surface area contributed by atoms with Crippen LogP contribution in [0.15, 0.2) is 34.9 Å². The summed E-state index contributed by atoms with van der Waals surface area (Å²) in [6, 6.07) is 6.92. The molecule has 0 amide bonds. The number of carbonyl (C=O) groups excluding carboxylic acids is 1. The van der Waals surface area contributed by atoms with Crippen molar-refractivity contribution < 1.29 is 13.9 Å². The Bertz CT molecular complexity index is 517. The number of ether oxygens (including phenoxy) is 1. The molecule has 16 heavy (non-hydrogen) atoms. The minimum absolute atomic E-state index is 0.264. The molecule has 1 aromatic heterocycles. The van der Waals surface area contributed by atoms with Crippen molar-refractivity contribution in [3.63, 3.8) is 0 Å². The highest BCUT2D eigenvalue weighted by Crippen LogP contribution is 2.34. The number of rotatable bonds is 3. The Morgan fingerprint density at radius 3 is 2.81 bits per heavy atom. The lowest BCUT2D eigenvalue weighted by Crippen LogP contribution is -1.89. The summed E-state index contributed by atoms with van der Waals surface area (Å²) in [6.07, 6.45) is 2.12. The van der Waals surface area contributed by atoms with Crippen molar-refractivity contribution in [2.45, 2.75) is 0 Å². The first-order valence-electron chi connectivity index (χ1n) is 4.63. The highest BCUT2D eigenvalue weighted by Gasteiger charge is 2.13. The maximum absolute atomic E-state index is 10.8. The van der Waals surface area contributed by atoms with E-state index in [0.717, 1.165) is 5.56 Å². The molecule has 0 spiro atoms. The molecular formula is C12H9ClO3. The molecule has 82 valence electrons. The molecule has 3 nitrogen and oxygen atoms in total. The number of carbonyl (C=O) groups is 1. The molecule has 0 atom stereocenters. The number of halogens is 1. The Hall–Kier alpha value is -1.74. The van der Waals surface area contributed by atoms with Crippen LogP contribution in [-0.2, 0) is 0 Å². The number of furan rings is 1. The van der Waals surface area contributed by atoms with Gasteiger partial charge in [-0.15, -0.1) is 0 Å². The van der Waals surface area contributed by atoms with E-state index in [1.165, 1.54) is 6.26 Å². The summed E-state index contributed by atoms with van der Waals surface area (Å²) in [5, 5.41) is 0.578. The van der Waals surface area contributed by atoms with Gasteiger partial charge in [-0.1, -0.05) is 11.6 Å². The molecule has 2 rings (SSSR count). The Labute approximate surface area is 97.6 Å². The van der Waals surface area contributed by atoms with Gasteiger partial charge < -0.3 is 9.15 Å². The molecule has 0 aliphatic heterocycles. The highest BCUT2D eigenvalue weighted by molar-refractivity contribution is 6.31. The zero-order valence-electron chi connectivity index (χ0n) is 8.57. The first-order valence-corrected chi connectivity index (χ1v) is 5.00. The maximum Gasteiger partial charge on any atom is 0.185 e. The molecule has 1 aromatic carbocycles. The summed E-state index contributed by atoms with van der Waals surface area (Å²) >= 11 is 5.91. The molecule has 0 aliphatic carbocycles. The van der Waals surface area contributed by atoms with Crippen LogP contribution in [0.2, 0.25) is 5.02 Å². The average molecular weight is 237 g/mol. The van der Waals surface area contributed by atoms with Gasteiger partial charge in [0.15, 0.2) is 12.0 Å². The van der Waals surface area contributed by atoms with Gasteiger partial charge in [0.1, 0.15) is 5.75 Å². The Morgan fingerprint density at radius 1 is 1.31 bits per heavy atom. The van der Waals surface area contributed by atoms with E-state index in [1.54, 1.807) is 31.4 Å². The first kappa shape index (κ1) is 10.8. The zero-order valence-corrected chi connectivity index (χ0v) is 9.32. The van der Waals surface area contributed by atoms with Gasteiger partial charge in [-0.05, 0) is 24.3 Å². The second-order valence-electron chi connectivity index (χ2n) is 3.16. The standard InChI is InChI=1S/C12H9ClO3/c1-15-11-3-2-8(13)6-10(11)9-4-5-16-12(9)7-14/h2-7H,1H3. The number of benzene rings is 1. The van der Waals surface area contributed by atoms with E-state index in [4.69, 9.17) is 20.8 Å². The van der Waals surface area contributed by atoms with E-state index in [1.807, 2.05) is 0 Å². The molecule has 0 saturated heterocycles. The van der Waals surface area contributed by atoms with E-state index in [0.29, 0.717) is 22.6 Å². The van der Waals surface area contributed by atoms with Gasteiger partial charge in [0.05, 0.1) is 13.4 Å². The van der Waals surface area contributed by atoms with Crippen molar-refractivity contribution in [2.24, 2.45) is 0 Å². The quantitative estimate of drug-likeness (QED) is 0.767. The van der Waals surface area contributed by atoms with Crippen molar-refractivity contribution in [1.29, 1.82) is 0 Å². The number of aldehydes is 1. The fourth-order valence-corrected chi connectivity index (χ4v) is 1.70. The van der Waals surface area contributed by atoms with Crippen molar-refractivity contribution in [3.8, 4) is 16.9 Å². The van der Waals surface area contributed by atoms with Gasteiger partial charge in [0.25, 0.3) is 0 Å². The molecule has 0 saturated carbocycles. The second kappa shape index (κ2) is 4.41. The van der Waals surface area contributed by atoms with Crippen LogP contribution >= 0.6 is 11.6 Å². The van der Waals surface area contributed by atoms with Crippen molar-refractivity contribution in [1.82, 2.24) is 0 Å². The van der Waals surface area contributed by atoms with E-state index < -0.39 is 0 Å². The highest BCUT2D eigenvalue weighted by atomic mass is 35.5. The van der Waals surface area contributed by atoms with Gasteiger partial charge in [0.2, 0.25) is 0 Å². The lowest BCUT2D eigenvalue weighted by Gasteiger charge is -2.07. The van der Waals surface area contributed by atoms with Crippen LogP contribution in [0.5, 0.6) is 5.75 Å². The molecule has 0 bridgehead atoms. The van der Waals surface area contributed by atoms with Gasteiger partial charge in [0, 0.05) is 16.1 Å². The van der Waals surface area contributed by atoms with Crippen LogP contribution in [0.25, 0.3) is 11.1 Å². The summed E-state index contributed by atoms with van der Waals surface area (Å²) in [5.74, 6) is 0.912. The topological polar surface area (TPSA) is 39.4 Å². The third kappa shape index (κ3) is 1.82. The molecule has 4 heteroatoms. The van der Waals surface area contributed by atoms with E-state index >= 15 is 0 Å². The fraction of sp³-hybridized carbons (Fsp3) is 0.0833. The second-order valence-corrected chi connectivity index (χ2v) is 3.60. The normalized spacial score (nSPS) is 10.1. The predicted octanol–water partition coefficient (Wildman–Crippen LogP) is 3.42. The van der Waals surface area contributed by atoms with Crippen LogP contribution in [0, 0.1) is 0 Å². The third-order valence-corrected chi connectivity index (χ3v) is 2.49. The molecule has 2 aromatic rings. The predicted molar refractivity (Wildman–Crippen MR) is 61.1 cm³/mol. The molecule has 0 fully saturated rings. The molecule has 0 N–H and O–H groups in total. The molecule has 0 unspecified atom stereocenters. The molecule has 0 aliphatic rings. The summed E-state index contributed by atoms with van der Waals surface area (Å²) in [5.41, 5.74) is 1.42. The number of hydrogen-bond donors (Lipinski definition) is 0. The lowest BCUT2D eigenvalue weighted by molar-refractivity contribution is 0.110. The van der Waals surface area contributed by atoms with Crippen molar-refractivity contribution in [3.05, 3.63) is 41.3 Å². The van der Waals surface area contributed by atoms with Crippen LogP contribution in [-0.4, -0.2) is 13.4 Å². The molecule has 1 heterocycles. The Balaban J connectivity index is 2.62. The van der Waals surface area contributed by atoms with Crippen LogP contribution in [0.3, 0.4) is 0 Å². The smallest absolute Gasteiger partial charge is 0.185 e. The van der Waals surface area contributed by atoms with Crippen LogP contribution in [0.4, 0.5) is 0 Å². The van der Waals surface area contributed by atoms with Gasteiger partial charge in [-0.25, -0.2) is 0 Å². The Morgan fingerprint density at radius 2 is 2.12 bits per heavy atom. The summed E-state index contributed by atoms with van der Waals surface area (Å²) in [7, 11) is 1.56. The average Bonchev–Trinajstić information content (AvgIpc) is 2.76. The number of hydrogen-bond acceptors (Lipinski definition) is 3. The van der Waals surface area contributed by atoms with E-state index in [2.05, 4.69) is 0 Å². The van der Waals surface area contributed by atoms with Crippen LogP contribution in [0.1, 0.15) is 10.6 Å². The molecular weight excluding hydrogens is 228 g/mol. The fourth-order valence-electron chi connectivity index (χ4n) is 1.53. The van der Waals surface area contributed by atoms with Gasteiger partial charge in [-0.3, -0.25) is 4.79 Å². The van der Waals surface area contributed by atoms with E-state index in [-0.39, 0.29) is 5.76 Å². The number of methoxy groups -OCH3 is 1. The van der Waals surface area contributed by atoms with Gasteiger partial charge in [-0.2, -0.15) is 0 Å². The maximum atomic E-state index is 10.8.